The topological polar surface area (TPSA) is 85.6 Å². The average Bonchev–Trinajstić information content (AvgIpc) is 3.10. The van der Waals surface area contributed by atoms with Crippen LogP contribution in [0.3, 0.4) is 0 Å². The number of aliphatic hydroxyl groups is 1. The number of hydrogen-bond acceptors (Lipinski definition) is 6. The van der Waals surface area contributed by atoms with Crippen LogP contribution in [0, 0.1) is 0 Å². The minimum Gasteiger partial charge on any atom is -0.391 e. The Labute approximate surface area is 116 Å². The summed E-state index contributed by atoms with van der Waals surface area (Å²) in [5.74, 6) is 0.607. The second-order valence-electron chi connectivity index (χ2n) is 5.16. The van der Waals surface area contributed by atoms with E-state index in [-0.39, 0.29) is 18.9 Å². The maximum atomic E-state index is 12.0. The van der Waals surface area contributed by atoms with Crippen LogP contribution in [0.15, 0.2) is 17.1 Å². The van der Waals surface area contributed by atoms with Crippen LogP contribution in [0.1, 0.15) is 31.9 Å². The number of nitrogens with one attached hydrogen (secondary N) is 1. The largest absolute Gasteiger partial charge is 0.391 e. The van der Waals surface area contributed by atoms with E-state index in [0.29, 0.717) is 11.9 Å². The lowest BCUT2D eigenvalue weighted by Crippen LogP contribution is -2.29. The van der Waals surface area contributed by atoms with E-state index in [1.807, 2.05) is 0 Å². The van der Waals surface area contributed by atoms with Gasteiger partial charge in [0.05, 0.1) is 13.2 Å². The molecule has 0 amide bonds. The van der Waals surface area contributed by atoms with Crippen molar-refractivity contribution in [2.45, 2.75) is 44.2 Å². The first-order chi connectivity index (χ1) is 9.76. The van der Waals surface area contributed by atoms with Crippen molar-refractivity contribution in [2.75, 3.05) is 18.5 Å². The molecule has 2 fully saturated rings. The Morgan fingerprint density at radius 1 is 1.45 bits per heavy atom. The fourth-order valence-electron chi connectivity index (χ4n) is 2.68. The maximum Gasteiger partial charge on any atom is 0.351 e. The molecule has 0 spiro atoms. The number of hydrogen-bond donors (Lipinski definition) is 2. The first-order valence-electron chi connectivity index (χ1n) is 7.00. The Balaban J connectivity index is 1.69. The SMILES string of the molecule is O=c1nc(NC2CCCC2)ccn1C1COC(CO)O1. The minimum atomic E-state index is -0.664. The highest BCUT2D eigenvalue weighted by Crippen LogP contribution is 2.22. The van der Waals surface area contributed by atoms with Crippen molar-refractivity contribution < 1.29 is 14.6 Å². The Kier molecular flexibility index (Phi) is 4.00. The lowest BCUT2D eigenvalue weighted by Gasteiger charge is -2.15. The summed E-state index contributed by atoms with van der Waals surface area (Å²) >= 11 is 0. The third-order valence-electron chi connectivity index (χ3n) is 3.73. The van der Waals surface area contributed by atoms with E-state index in [1.54, 1.807) is 12.3 Å². The smallest absolute Gasteiger partial charge is 0.351 e. The standard InChI is InChI=1S/C13H19N3O4/c17-7-12-19-8-11(20-12)16-6-5-10(15-13(16)18)14-9-3-1-2-4-9/h5-6,9,11-12,17H,1-4,7-8H2,(H,14,15,18). The highest BCUT2D eigenvalue weighted by Gasteiger charge is 2.27. The third kappa shape index (κ3) is 2.84. The predicted molar refractivity (Wildman–Crippen MR) is 71.3 cm³/mol. The first-order valence-corrected chi connectivity index (χ1v) is 7.00. The molecule has 2 atom stereocenters. The van der Waals surface area contributed by atoms with E-state index in [9.17, 15) is 4.79 Å². The van der Waals surface area contributed by atoms with Gasteiger partial charge in [-0.3, -0.25) is 4.57 Å². The molecule has 7 heteroatoms. The summed E-state index contributed by atoms with van der Waals surface area (Å²) < 4.78 is 12.0. The third-order valence-corrected chi connectivity index (χ3v) is 3.73. The van der Waals surface area contributed by atoms with Crippen LogP contribution in [-0.2, 0) is 9.47 Å². The molecule has 1 saturated heterocycles. The van der Waals surface area contributed by atoms with Crippen molar-refractivity contribution >= 4 is 5.82 Å². The van der Waals surface area contributed by atoms with Gasteiger partial charge in [0.25, 0.3) is 0 Å². The van der Waals surface area contributed by atoms with Crippen LogP contribution in [0.25, 0.3) is 0 Å². The zero-order valence-corrected chi connectivity index (χ0v) is 11.2. The summed E-state index contributed by atoms with van der Waals surface area (Å²) in [6.07, 6.45) is 5.18. The summed E-state index contributed by atoms with van der Waals surface area (Å²) in [5.41, 5.74) is -0.375. The van der Waals surface area contributed by atoms with Crippen LogP contribution in [0.2, 0.25) is 0 Å². The predicted octanol–water partition coefficient (Wildman–Crippen LogP) is 0.462. The molecule has 2 aliphatic rings. The highest BCUT2D eigenvalue weighted by atomic mass is 16.7. The van der Waals surface area contributed by atoms with Crippen LogP contribution < -0.4 is 11.0 Å². The second kappa shape index (κ2) is 5.90. The molecule has 20 heavy (non-hydrogen) atoms. The molecular formula is C13H19N3O4. The van der Waals surface area contributed by atoms with E-state index in [0.717, 1.165) is 12.8 Å². The summed E-state index contributed by atoms with van der Waals surface area (Å²) in [4.78, 5) is 16.0. The summed E-state index contributed by atoms with van der Waals surface area (Å²) in [5, 5.41) is 12.2. The van der Waals surface area contributed by atoms with Crippen molar-refractivity contribution in [3.63, 3.8) is 0 Å². The van der Waals surface area contributed by atoms with Crippen LogP contribution in [-0.4, -0.2) is 40.2 Å². The highest BCUT2D eigenvalue weighted by molar-refractivity contribution is 5.33. The van der Waals surface area contributed by atoms with E-state index in [1.165, 1.54) is 17.4 Å². The molecule has 0 aromatic carbocycles. The van der Waals surface area contributed by atoms with Crippen molar-refractivity contribution in [1.29, 1.82) is 0 Å². The fraction of sp³-hybridized carbons (Fsp3) is 0.692. The van der Waals surface area contributed by atoms with Gasteiger partial charge in [-0.15, -0.1) is 0 Å². The van der Waals surface area contributed by atoms with Gasteiger partial charge in [0.15, 0.2) is 12.5 Å². The Bertz CT molecular complexity index is 513. The van der Waals surface area contributed by atoms with Gasteiger partial charge >= 0.3 is 5.69 Å². The molecule has 2 N–H and O–H groups in total. The molecule has 2 unspecified atom stereocenters. The van der Waals surface area contributed by atoms with Gasteiger partial charge in [0.1, 0.15) is 5.82 Å². The van der Waals surface area contributed by atoms with Gasteiger partial charge in [-0.1, -0.05) is 12.8 Å². The van der Waals surface area contributed by atoms with E-state index in [2.05, 4.69) is 10.3 Å². The monoisotopic (exact) mass is 281 g/mol. The summed E-state index contributed by atoms with van der Waals surface area (Å²) in [6, 6.07) is 2.19. The number of nitrogens with zero attached hydrogens (tertiary/aromatic N) is 2. The molecular weight excluding hydrogens is 262 g/mol. The lowest BCUT2D eigenvalue weighted by atomic mass is 10.2. The molecule has 1 aromatic rings. The fourth-order valence-corrected chi connectivity index (χ4v) is 2.68. The first kappa shape index (κ1) is 13.5. The Hall–Kier alpha value is -1.44. The molecule has 1 aliphatic heterocycles. The molecule has 3 rings (SSSR count). The molecule has 1 saturated carbocycles. The van der Waals surface area contributed by atoms with Crippen LogP contribution in [0.5, 0.6) is 0 Å². The molecule has 0 bridgehead atoms. The number of rotatable bonds is 4. The van der Waals surface area contributed by atoms with Gasteiger partial charge < -0.3 is 19.9 Å². The van der Waals surface area contributed by atoms with Crippen LogP contribution in [0.4, 0.5) is 5.82 Å². The van der Waals surface area contributed by atoms with Crippen molar-refractivity contribution in [3.8, 4) is 0 Å². The van der Waals surface area contributed by atoms with E-state index >= 15 is 0 Å². The zero-order chi connectivity index (χ0) is 13.9. The normalized spacial score (nSPS) is 27.1. The van der Waals surface area contributed by atoms with Gasteiger partial charge in [0, 0.05) is 12.2 Å². The van der Waals surface area contributed by atoms with Crippen molar-refractivity contribution in [2.24, 2.45) is 0 Å². The molecule has 110 valence electrons. The number of ether oxygens (including phenoxy) is 2. The van der Waals surface area contributed by atoms with Crippen molar-refractivity contribution in [3.05, 3.63) is 22.7 Å². The molecule has 0 radical (unpaired) electrons. The van der Waals surface area contributed by atoms with Gasteiger partial charge in [-0.2, -0.15) is 4.98 Å². The summed E-state index contributed by atoms with van der Waals surface area (Å²) in [7, 11) is 0. The van der Waals surface area contributed by atoms with Crippen molar-refractivity contribution in [1.82, 2.24) is 9.55 Å². The van der Waals surface area contributed by atoms with Crippen LogP contribution >= 0.6 is 0 Å². The average molecular weight is 281 g/mol. The molecule has 2 heterocycles. The quantitative estimate of drug-likeness (QED) is 0.834. The zero-order valence-electron chi connectivity index (χ0n) is 11.2. The molecule has 1 aliphatic carbocycles. The lowest BCUT2D eigenvalue weighted by molar-refractivity contribution is -0.0992. The number of aliphatic hydroxyl groups excluding tert-OH is 1. The molecule has 1 aromatic heterocycles. The Morgan fingerprint density at radius 3 is 2.90 bits per heavy atom. The Morgan fingerprint density at radius 2 is 2.25 bits per heavy atom. The molecule has 7 nitrogen and oxygen atoms in total. The second-order valence-corrected chi connectivity index (χ2v) is 5.16. The number of anilines is 1. The van der Waals surface area contributed by atoms with E-state index in [4.69, 9.17) is 14.6 Å². The van der Waals surface area contributed by atoms with Gasteiger partial charge in [-0.05, 0) is 18.9 Å². The van der Waals surface area contributed by atoms with Gasteiger partial charge in [-0.25, -0.2) is 4.79 Å². The maximum absolute atomic E-state index is 12.0. The number of aromatic nitrogens is 2. The summed E-state index contributed by atoms with van der Waals surface area (Å²) in [6.45, 7) is 0.0161. The van der Waals surface area contributed by atoms with E-state index < -0.39 is 12.5 Å². The minimum absolute atomic E-state index is 0.222. The van der Waals surface area contributed by atoms with Gasteiger partial charge in [0.2, 0.25) is 0 Å².